The number of aryl methyl sites for hydroxylation is 1. The minimum absolute atomic E-state index is 0.0280. The maximum absolute atomic E-state index is 12.3. The van der Waals surface area contributed by atoms with E-state index in [-0.39, 0.29) is 17.7 Å². The molecule has 16 heavy (non-hydrogen) atoms. The van der Waals surface area contributed by atoms with Crippen LogP contribution in [0.5, 0.6) is 0 Å². The van der Waals surface area contributed by atoms with E-state index in [1.165, 1.54) is 0 Å². The number of Topliss-reactive ketones (excluding diaryl/α,β-unsaturated/α-hetero) is 1. The Morgan fingerprint density at radius 1 is 1.50 bits per heavy atom. The molecule has 1 heterocycles. The molecule has 4 N–H and O–H groups in total. The van der Waals surface area contributed by atoms with E-state index in [0.717, 1.165) is 24.8 Å². The molecule has 0 saturated heterocycles. The van der Waals surface area contributed by atoms with Crippen molar-refractivity contribution in [3.05, 3.63) is 23.4 Å². The van der Waals surface area contributed by atoms with Gasteiger partial charge in [-0.3, -0.25) is 4.79 Å². The molecule has 4 nitrogen and oxygen atoms in total. The number of rotatable bonds is 2. The van der Waals surface area contributed by atoms with Gasteiger partial charge in [-0.25, -0.2) is 4.98 Å². The van der Waals surface area contributed by atoms with Gasteiger partial charge in [0.05, 0.1) is 5.56 Å². The molecule has 1 aromatic heterocycles. The highest BCUT2D eigenvalue weighted by Gasteiger charge is 2.30. The highest BCUT2D eigenvalue weighted by Crippen LogP contribution is 2.29. The smallest absolute Gasteiger partial charge is 0.169 e. The number of pyridine rings is 1. The third-order valence-corrected chi connectivity index (χ3v) is 3.28. The standard InChI is InChI=1S/C12H17N3O/c1-7-4-5-15-12(14)10(7)11(16)8-2-3-9(13)6-8/h4-5,8-9H,2-3,6,13H2,1H3,(H2,14,15). The summed E-state index contributed by atoms with van der Waals surface area (Å²) in [4.78, 5) is 16.2. The van der Waals surface area contributed by atoms with E-state index in [9.17, 15) is 4.79 Å². The number of carbonyl (C=O) groups excluding carboxylic acids is 1. The number of ketones is 1. The Kier molecular flexibility index (Phi) is 2.92. The average Bonchev–Trinajstić information content (AvgIpc) is 2.64. The first-order valence-electron chi connectivity index (χ1n) is 5.60. The SMILES string of the molecule is Cc1ccnc(N)c1C(=O)C1CCC(N)C1. The minimum Gasteiger partial charge on any atom is -0.383 e. The number of nitrogens with two attached hydrogens (primary N) is 2. The van der Waals surface area contributed by atoms with E-state index in [4.69, 9.17) is 11.5 Å². The molecule has 2 unspecified atom stereocenters. The lowest BCUT2D eigenvalue weighted by Crippen LogP contribution is -2.19. The van der Waals surface area contributed by atoms with E-state index < -0.39 is 0 Å². The Morgan fingerprint density at radius 3 is 2.81 bits per heavy atom. The summed E-state index contributed by atoms with van der Waals surface area (Å²) in [5, 5.41) is 0. The third kappa shape index (κ3) is 1.93. The highest BCUT2D eigenvalue weighted by molar-refractivity contribution is 6.02. The van der Waals surface area contributed by atoms with Crippen molar-refractivity contribution in [3.8, 4) is 0 Å². The van der Waals surface area contributed by atoms with Crippen LogP contribution in [0, 0.1) is 12.8 Å². The zero-order chi connectivity index (χ0) is 11.7. The molecule has 4 heteroatoms. The number of nitrogen functional groups attached to an aromatic ring is 1. The van der Waals surface area contributed by atoms with Gasteiger partial charge in [0.1, 0.15) is 5.82 Å². The van der Waals surface area contributed by atoms with Crippen LogP contribution in [0.2, 0.25) is 0 Å². The van der Waals surface area contributed by atoms with Crippen molar-refractivity contribution in [2.45, 2.75) is 32.2 Å². The van der Waals surface area contributed by atoms with Gasteiger partial charge in [0.15, 0.2) is 5.78 Å². The van der Waals surface area contributed by atoms with Crippen molar-refractivity contribution < 1.29 is 4.79 Å². The summed E-state index contributed by atoms with van der Waals surface area (Å²) in [5.41, 5.74) is 13.1. The number of carbonyl (C=O) groups is 1. The van der Waals surface area contributed by atoms with E-state index in [1.54, 1.807) is 6.20 Å². The lowest BCUT2D eigenvalue weighted by Gasteiger charge is -2.12. The van der Waals surface area contributed by atoms with Gasteiger partial charge in [0.2, 0.25) is 0 Å². The molecule has 2 rings (SSSR count). The van der Waals surface area contributed by atoms with Crippen molar-refractivity contribution in [2.75, 3.05) is 5.73 Å². The van der Waals surface area contributed by atoms with Gasteiger partial charge in [-0.15, -0.1) is 0 Å². The van der Waals surface area contributed by atoms with Crippen LogP contribution in [-0.2, 0) is 0 Å². The zero-order valence-electron chi connectivity index (χ0n) is 9.44. The van der Waals surface area contributed by atoms with Crippen LogP contribution in [0.25, 0.3) is 0 Å². The summed E-state index contributed by atoms with van der Waals surface area (Å²) in [7, 11) is 0. The van der Waals surface area contributed by atoms with Crippen LogP contribution >= 0.6 is 0 Å². The van der Waals surface area contributed by atoms with Crippen LogP contribution in [0.1, 0.15) is 35.2 Å². The van der Waals surface area contributed by atoms with E-state index in [1.807, 2.05) is 13.0 Å². The van der Waals surface area contributed by atoms with E-state index in [2.05, 4.69) is 4.98 Å². The second-order valence-electron chi connectivity index (χ2n) is 4.52. The average molecular weight is 219 g/mol. The van der Waals surface area contributed by atoms with E-state index in [0.29, 0.717) is 11.4 Å². The fourth-order valence-electron chi connectivity index (χ4n) is 2.36. The normalized spacial score (nSPS) is 24.6. The number of hydrogen-bond donors (Lipinski definition) is 2. The second-order valence-corrected chi connectivity index (χ2v) is 4.52. The molecule has 0 aromatic carbocycles. The summed E-state index contributed by atoms with van der Waals surface area (Å²) < 4.78 is 0. The topological polar surface area (TPSA) is 82.0 Å². The molecule has 0 aliphatic heterocycles. The van der Waals surface area contributed by atoms with Crippen molar-refractivity contribution in [3.63, 3.8) is 0 Å². The van der Waals surface area contributed by atoms with Gasteiger partial charge < -0.3 is 11.5 Å². The number of hydrogen-bond acceptors (Lipinski definition) is 4. The largest absolute Gasteiger partial charge is 0.383 e. The summed E-state index contributed by atoms with van der Waals surface area (Å²) in [6, 6.07) is 1.98. The Balaban J connectivity index is 2.27. The van der Waals surface area contributed by atoms with Crippen LogP contribution < -0.4 is 11.5 Å². The van der Waals surface area contributed by atoms with Gasteiger partial charge in [0.25, 0.3) is 0 Å². The fraction of sp³-hybridized carbons (Fsp3) is 0.500. The zero-order valence-corrected chi connectivity index (χ0v) is 9.44. The summed E-state index contributed by atoms with van der Waals surface area (Å²) in [6.07, 6.45) is 4.19. The van der Waals surface area contributed by atoms with Crippen molar-refractivity contribution in [2.24, 2.45) is 11.7 Å². The highest BCUT2D eigenvalue weighted by atomic mass is 16.1. The van der Waals surface area contributed by atoms with Crippen LogP contribution in [0.4, 0.5) is 5.82 Å². The predicted octanol–water partition coefficient (Wildman–Crippen LogP) is 1.28. The molecule has 1 saturated carbocycles. The molecular weight excluding hydrogens is 202 g/mol. The predicted molar refractivity (Wildman–Crippen MR) is 63.0 cm³/mol. The first-order chi connectivity index (χ1) is 7.59. The van der Waals surface area contributed by atoms with Crippen molar-refractivity contribution in [1.82, 2.24) is 4.98 Å². The number of nitrogens with zero attached hydrogens (tertiary/aromatic N) is 1. The first-order valence-corrected chi connectivity index (χ1v) is 5.60. The van der Waals surface area contributed by atoms with Gasteiger partial charge in [-0.05, 0) is 37.8 Å². The van der Waals surface area contributed by atoms with Gasteiger partial charge >= 0.3 is 0 Å². The molecule has 0 spiro atoms. The molecule has 1 aromatic rings. The van der Waals surface area contributed by atoms with Crippen LogP contribution in [0.15, 0.2) is 12.3 Å². The Morgan fingerprint density at radius 2 is 2.25 bits per heavy atom. The van der Waals surface area contributed by atoms with Gasteiger partial charge in [-0.1, -0.05) is 0 Å². The molecule has 1 aliphatic rings. The fourth-order valence-corrected chi connectivity index (χ4v) is 2.36. The van der Waals surface area contributed by atoms with Crippen LogP contribution in [-0.4, -0.2) is 16.8 Å². The lowest BCUT2D eigenvalue weighted by atomic mass is 9.94. The Hall–Kier alpha value is -1.42. The third-order valence-electron chi connectivity index (χ3n) is 3.28. The molecule has 86 valence electrons. The quantitative estimate of drug-likeness (QED) is 0.734. The molecule has 1 aliphatic carbocycles. The molecule has 0 bridgehead atoms. The maximum atomic E-state index is 12.3. The molecule has 2 atom stereocenters. The van der Waals surface area contributed by atoms with Crippen LogP contribution in [0.3, 0.4) is 0 Å². The van der Waals surface area contributed by atoms with Gasteiger partial charge in [0, 0.05) is 18.2 Å². The Bertz CT molecular complexity index is 396. The minimum atomic E-state index is 0.0280. The molecule has 1 fully saturated rings. The lowest BCUT2D eigenvalue weighted by molar-refractivity contribution is 0.0922. The van der Waals surface area contributed by atoms with Gasteiger partial charge in [-0.2, -0.15) is 0 Å². The second kappa shape index (κ2) is 4.22. The number of anilines is 1. The van der Waals surface area contributed by atoms with Crippen molar-refractivity contribution >= 4 is 11.6 Å². The molecular formula is C12H17N3O. The number of aromatic nitrogens is 1. The molecule has 0 amide bonds. The summed E-state index contributed by atoms with van der Waals surface area (Å²) >= 11 is 0. The summed E-state index contributed by atoms with van der Waals surface area (Å²) in [6.45, 7) is 1.89. The molecule has 0 radical (unpaired) electrons. The van der Waals surface area contributed by atoms with Crippen molar-refractivity contribution in [1.29, 1.82) is 0 Å². The Labute approximate surface area is 95.0 Å². The summed E-state index contributed by atoms with van der Waals surface area (Å²) in [5.74, 6) is 0.474. The van der Waals surface area contributed by atoms with E-state index >= 15 is 0 Å². The monoisotopic (exact) mass is 219 g/mol. The maximum Gasteiger partial charge on any atom is 0.169 e. The first kappa shape index (κ1) is 11.1.